The standard InChI is InChI=1S/C14H13FO2/c1-16-11-5-3-10(4-6-11)13-8-7-12(17-2)9-14(13)15/h3-9H,1-2H3. The Morgan fingerprint density at radius 3 is 1.94 bits per heavy atom. The lowest BCUT2D eigenvalue weighted by Gasteiger charge is -2.06. The van der Waals surface area contributed by atoms with Crippen molar-refractivity contribution < 1.29 is 13.9 Å². The minimum atomic E-state index is -0.297. The fourth-order valence-corrected chi connectivity index (χ4v) is 1.63. The van der Waals surface area contributed by atoms with Gasteiger partial charge in [0.1, 0.15) is 17.3 Å². The average molecular weight is 232 g/mol. The lowest BCUT2D eigenvalue weighted by atomic mass is 10.0. The van der Waals surface area contributed by atoms with E-state index in [4.69, 9.17) is 9.47 Å². The molecule has 0 heterocycles. The molecule has 2 rings (SSSR count). The van der Waals surface area contributed by atoms with Gasteiger partial charge in [-0.1, -0.05) is 12.1 Å². The number of benzene rings is 2. The molecule has 3 heteroatoms. The van der Waals surface area contributed by atoms with E-state index in [0.29, 0.717) is 11.3 Å². The molecule has 0 N–H and O–H groups in total. The highest BCUT2D eigenvalue weighted by atomic mass is 19.1. The summed E-state index contributed by atoms with van der Waals surface area (Å²) in [6.07, 6.45) is 0. The van der Waals surface area contributed by atoms with Crippen LogP contribution in [-0.4, -0.2) is 14.2 Å². The van der Waals surface area contributed by atoms with Crippen LogP contribution in [0.15, 0.2) is 42.5 Å². The predicted molar refractivity (Wildman–Crippen MR) is 64.9 cm³/mol. The largest absolute Gasteiger partial charge is 0.497 e. The zero-order chi connectivity index (χ0) is 12.3. The van der Waals surface area contributed by atoms with Crippen molar-refractivity contribution in [3.05, 3.63) is 48.3 Å². The maximum absolute atomic E-state index is 13.8. The molecule has 0 bridgehead atoms. The van der Waals surface area contributed by atoms with Crippen LogP contribution in [0, 0.1) is 5.82 Å². The highest BCUT2D eigenvalue weighted by Crippen LogP contribution is 2.27. The van der Waals surface area contributed by atoms with Gasteiger partial charge in [-0.05, 0) is 29.8 Å². The van der Waals surface area contributed by atoms with E-state index < -0.39 is 0 Å². The molecule has 0 aromatic heterocycles. The summed E-state index contributed by atoms with van der Waals surface area (Å²) in [6, 6.07) is 12.1. The van der Waals surface area contributed by atoms with Gasteiger partial charge in [0.15, 0.2) is 0 Å². The molecule has 0 amide bonds. The number of halogens is 1. The monoisotopic (exact) mass is 232 g/mol. The second-order valence-corrected chi connectivity index (χ2v) is 3.57. The van der Waals surface area contributed by atoms with Crippen LogP contribution in [0.5, 0.6) is 11.5 Å². The Bertz CT molecular complexity index is 506. The first-order valence-corrected chi connectivity index (χ1v) is 5.22. The van der Waals surface area contributed by atoms with Crippen LogP contribution in [0.25, 0.3) is 11.1 Å². The van der Waals surface area contributed by atoms with E-state index in [9.17, 15) is 4.39 Å². The Hall–Kier alpha value is -2.03. The predicted octanol–water partition coefficient (Wildman–Crippen LogP) is 3.51. The van der Waals surface area contributed by atoms with Crippen molar-refractivity contribution in [3.63, 3.8) is 0 Å². The van der Waals surface area contributed by atoms with Crippen molar-refractivity contribution in [3.8, 4) is 22.6 Å². The first kappa shape index (κ1) is 11.5. The highest BCUT2D eigenvalue weighted by Gasteiger charge is 2.06. The summed E-state index contributed by atoms with van der Waals surface area (Å²) in [7, 11) is 3.12. The molecular weight excluding hydrogens is 219 g/mol. The van der Waals surface area contributed by atoms with Gasteiger partial charge in [0, 0.05) is 11.6 Å². The Kier molecular flexibility index (Phi) is 3.28. The van der Waals surface area contributed by atoms with E-state index in [0.717, 1.165) is 11.3 Å². The Labute approximate surface area is 99.6 Å². The van der Waals surface area contributed by atoms with E-state index in [1.54, 1.807) is 31.4 Å². The summed E-state index contributed by atoms with van der Waals surface area (Å²) in [6.45, 7) is 0. The molecule has 2 aromatic carbocycles. The molecule has 2 nitrogen and oxygen atoms in total. The lowest BCUT2D eigenvalue weighted by Crippen LogP contribution is -1.88. The van der Waals surface area contributed by atoms with Crippen molar-refractivity contribution >= 4 is 0 Å². The Balaban J connectivity index is 2.38. The molecule has 0 spiro atoms. The van der Waals surface area contributed by atoms with Crippen LogP contribution in [0.2, 0.25) is 0 Å². The summed E-state index contributed by atoms with van der Waals surface area (Å²) in [5.41, 5.74) is 1.36. The van der Waals surface area contributed by atoms with Crippen LogP contribution in [-0.2, 0) is 0 Å². The molecule has 2 aromatic rings. The van der Waals surface area contributed by atoms with Crippen LogP contribution in [0.4, 0.5) is 4.39 Å². The Morgan fingerprint density at radius 2 is 1.41 bits per heavy atom. The van der Waals surface area contributed by atoms with Crippen molar-refractivity contribution in [2.45, 2.75) is 0 Å². The topological polar surface area (TPSA) is 18.5 Å². The second-order valence-electron chi connectivity index (χ2n) is 3.57. The summed E-state index contributed by atoms with van der Waals surface area (Å²) < 4.78 is 23.8. The van der Waals surface area contributed by atoms with E-state index in [-0.39, 0.29) is 5.82 Å². The van der Waals surface area contributed by atoms with Gasteiger partial charge in [0.05, 0.1) is 14.2 Å². The molecule has 0 unspecified atom stereocenters. The maximum atomic E-state index is 13.8. The van der Waals surface area contributed by atoms with E-state index in [1.807, 2.05) is 12.1 Å². The normalized spacial score (nSPS) is 10.1. The third-order valence-corrected chi connectivity index (χ3v) is 2.58. The van der Waals surface area contributed by atoms with Crippen molar-refractivity contribution in [1.29, 1.82) is 0 Å². The van der Waals surface area contributed by atoms with Crippen molar-refractivity contribution in [2.24, 2.45) is 0 Å². The summed E-state index contributed by atoms with van der Waals surface area (Å²) >= 11 is 0. The SMILES string of the molecule is COc1ccc(-c2ccc(OC)cc2F)cc1. The van der Waals surface area contributed by atoms with Crippen LogP contribution < -0.4 is 9.47 Å². The van der Waals surface area contributed by atoms with E-state index >= 15 is 0 Å². The van der Waals surface area contributed by atoms with Gasteiger partial charge in [0.25, 0.3) is 0 Å². The number of rotatable bonds is 3. The van der Waals surface area contributed by atoms with Gasteiger partial charge in [-0.15, -0.1) is 0 Å². The molecular formula is C14H13FO2. The van der Waals surface area contributed by atoms with Gasteiger partial charge in [-0.2, -0.15) is 0 Å². The first-order chi connectivity index (χ1) is 8.24. The molecule has 0 atom stereocenters. The number of methoxy groups -OCH3 is 2. The molecule has 88 valence electrons. The molecule has 17 heavy (non-hydrogen) atoms. The van der Waals surface area contributed by atoms with Gasteiger partial charge in [-0.3, -0.25) is 0 Å². The summed E-state index contributed by atoms with van der Waals surface area (Å²) in [4.78, 5) is 0. The zero-order valence-corrected chi connectivity index (χ0v) is 9.74. The molecule has 0 fully saturated rings. The fourth-order valence-electron chi connectivity index (χ4n) is 1.63. The third kappa shape index (κ3) is 2.38. The third-order valence-electron chi connectivity index (χ3n) is 2.58. The van der Waals surface area contributed by atoms with Crippen LogP contribution >= 0.6 is 0 Å². The zero-order valence-electron chi connectivity index (χ0n) is 9.74. The Morgan fingerprint density at radius 1 is 0.824 bits per heavy atom. The van der Waals surface area contributed by atoms with Gasteiger partial charge in [-0.25, -0.2) is 4.39 Å². The second kappa shape index (κ2) is 4.87. The quantitative estimate of drug-likeness (QED) is 0.806. The number of ether oxygens (including phenoxy) is 2. The smallest absolute Gasteiger partial charge is 0.134 e. The van der Waals surface area contributed by atoms with E-state index in [1.165, 1.54) is 13.2 Å². The van der Waals surface area contributed by atoms with E-state index in [2.05, 4.69) is 0 Å². The lowest BCUT2D eigenvalue weighted by molar-refractivity contribution is 0.411. The molecule has 0 aliphatic rings. The van der Waals surface area contributed by atoms with Crippen LogP contribution in [0.3, 0.4) is 0 Å². The molecule has 0 saturated heterocycles. The summed E-state index contributed by atoms with van der Waals surface area (Å²) in [5.74, 6) is 0.969. The van der Waals surface area contributed by atoms with Gasteiger partial charge in [0.2, 0.25) is 0 Å². The number of hydrogen-bond acceptors (Lipinski definition) is 2. The number of hydrogen-bond donors (Lipinski definition) is 0. The molecule has 0 aliphatic carbocycles. The van der Waals surface area contributed by atoms with Crippen molar-refractivity contribution in [2.75, 3.05) is 14.2 Å². The van der Waals surface area contributed by atoms with Gasteiger partial charge < -0.3 is 9.47 Å². The first-order valence-electron chi connectivity index (χ1n) is 5.22. The average Bonchev–Trinajstić information content (AvgIpc) is 2.39. The van der Waals surface area contributed by atoms with Crippen LogP contribution in [0.1, 0.15) is 0 Å². The molecule has 0 aliphatic heterocycles. The summed E-state index contributed by atoms with van der Waals surface area (Å²) in [5, 5.41) is 0. The minimum Gasteiger partial charge on any atom is -0.497 e. The minimum absolute atomic E-state index is 0.297. The maximum Gasteiger partial charge on any atom is 0.134 e. The molecule has 0 radical (unpaired) electrons. The molecule has 0 saturated carbocycles. The fraction of sp³-hybridized carbons (Fsp3) is 0.143. The van der Waals surface area contributed by atoms with Gasteiger partial charge >= 0.3 is 0 Å². The van der Waals surface area contributed by atoms with Crippen molar-refractivity contribution in [1.82, 2.24) is 0 Å². The highest BCUT2D eigenvalue weighted by molar-refractivity contribution is 5.65.